The van der Waals surface area contributed by atoms with Crippen LogP contribution < -0.4 is 5.32 Å². The summed E-state index contributed by atoms with van der Waals surface area (Å²) in [5, 5.41) is 6.19. The molecule has 3 heterocycles. The van der Waals surface area contributed by atoms with Gasteiger partial charge in [-0.25, -0.2) is 0 Å². The molecule has 124 valence electrons. The van der Waals surface area contributed by atoms with Gasteiger partial charge in [-0.05, 0) is 30.8 Å². The lowest BCUT2D eigenvalue weighted by molar-refractivity contribution is -0.138. The van der Waals surface area contributed by atoms with E-state index in [-0.39, 0.29) is 18.3 Å². The van der Waals surface area contributed by atoms with E-state index in [1.165, 1.54) is 4.88 Å². The molecule has 0 spiro atoms. The number of carbonyl (C=O) groups is 1. The van der Waals surface area contributed by atoms with Gasteiger partial charge in [-0.2, -0.15) is 0 Å². The first-order valence-corrected chi connectivity index (χ1v) is 8.93. The number of likely N-dealkylation sites (tertiary alicyclic amines) is 1. The minimum Gasteiger partial charge on any atom is -0.340 e. The van der Waals surface area contributed by atoms with Gasteiger partial charge in [-0.3, -0.25) is 9.69 Å². The number of thiophene rings is 1. The highest BCUT2D eigenvalue weighted by atomic mass is 35.5. The van der Waals surface area contributed by atoms with Crippen molar-refractivity contribution in [3.05, 3.63) is 21.3 Å². The third kappa shape index (κ3) is 4.36. The summed E-state index contributed by atoms with van der Waals surface area (Å²) in [5.41, 5.74) is 0. The zero-order valence-corrected chi connectivity index (χ0v) is 15.0. The van der Waals surface area contributed by atoms with Gasteiger partial charge in [-0.15, -0.1) is 23.7 Å². The Kier molecular flexibility index (Phi) is 6.96. The van der Waals surface area contributed by atoms with Crippen molar-refractivity contribution < 1.29 is 4.79 Å². The van der Waals surface area contributed by atoms with E-state index in [4.69, 9.17) is 11.6 Å². The van der Waals surface area contributed by atoms with Gasteiger partial charge in [0.15, 0.2) is 0 Å². The van der Waals surface area contributed by atoms with Crippen molar-refractivity contribution in [2.24, 2.45) is 5.92 Å². The normalized spacial score (nSPS) is 23.1. The molecule has 0 aliphatic carbocycles. The van der Waals surface area contributed by atoms with Gasteiger partial charge in [0.25, 0.3) is 0 Å². The number of rotatable bonds is 3. The lowest BCUT2D eigenvalue weighted by atomic mass is 9.96. The molecule has 1 aromatic heterocycles. The topological polar surface area (TPSA) is 35.6 Å². The van der Waals surface area contributed by atoms with Gasteiger partial charge >= 0.3 is 0 Å². The first kappa shape index (κ1) is 18.0. The molecule has 1 aromatic rings. The van der Waals surface area contributed by atoms with Gasteiger partial charge in [-0.1, -0.05) is 11.6 Å². The van der Waals surface area contributed by atoms with Crippen LogP contribution in [-0.2, 0) is 11.3 Å². The molecular formula is C15H23Cl2N3OS. The fraction of sp³-hybridized carbons (Fsp3) is 0.667. The Balaban J connectivity index is 0.00000176. The Bertz CT molecular complexity index is 491. The van der Waals surface area contributed by atoms with Gasteiger partial charge < -0.3 is 10.2 Å². The number of carbonyl (C=O) groups excluding carboxylic acids is 1. The van der Waals surface area contributed by atoms with Crippen LogP contribution in [-0.4, -0.2) is 55.0 Å². The summed E-state index contributed by atoms with van der Waals surface area (Å²) >= 11 is 7.89. The van der Waals surface area contributed by atoms with Crippen LogP contribution in [0.15, 0.2) is 11.4 Å². The highest BCUT2D eigenvalue weighted by Gasteiger charge is 2.30. The SMILES string of the molecule is Cl.O=C(C1CCCN(Cc2sccc2Cl)C1)N1CCNCC1. The summed E-state index contributed by atoms with van der Waals surface area (Å²) in [6.07, 6.45) is 2.13. The van der Waals surface area contributed by atoms with Crippen molar-refractivity contribution >= 4 is 41.3 Å². The number of nitrogens with zero attached hydrogens (tertiary/aromatic N) is 2. The van der Waals surface area contributed by atoms with Crippen LogP contribution in [0.1, 0.15) is 17.7 Å². The number of hydrogen-bond donors (Lipinski definition) is 1. The van der Waals surface area contributed by atoms with Crippen molar-refractivity contribution in [2.45, 2.75) is 19.4 Å². The van der Waals surface area contributed by atoms with Gasteiger partial charge in [0.05, 0.1) is 10.9 Å². The third-order valence-corrected chi connectivity index (χ3v) is 5.71. The molecule has 1 amide bonds. The Labute approximate surface area is 147 Å². The zero-order chi connectivity index (χ0) is 14.7. The second-order valence-corrected chi connectivity index (χ2v) is 7.25. The van der Waals surface area contributed by atoms with Gasteiger partial charge in [0, 0.05) is 44.1 Å². The number of halogens is 2. The summed E-state index contributed by atoms with van der Waals surface area (Å²) in [5.74, 6) is 0.508. The Hall–Kier alpha value is -0.330. The van der Waals surface area contributed by atoms with Crippen LogP contribution in [0, 0.1) is 5.92 Å². The lowest BCUT2D eigenvalue weighted by Crippen LogP contribution is -2.51. The second kappa shape index (κ2) is 8.50. The average Bonchev–Trinajstić information content (AvgIpc) is 2.93. The Morgan fingerprint density at radius 2 is 2.14 bits per heavy atom. The quantitative estimate of drug-likeness (QED) is 0.895. The number of amides is 1. The molecule has 1 unspecified atom stereocenters. The number of piperazine rings is 1. The van der Waals surface area contributed by atoms with Gasteiger partial charge in [0.2, 0.25) is 5.91 Å². The Morgan fingerprint density at radius 3 is 2.82 bits per heavy atom. The fourth-order valence-electron chi connectivity index (χ4n) is 3.19. The van der Waals surface area contributed by atoms with E-state index in [2.05, 4.69) is 10.2 Å². The van der Waals surface area contributed by atoms with E-state index in [0.29, 0.717) is 5.91 Å². The van der Waals surface area contributed by atoms with Crippen molar-refractivity contribution in [1.29, 1.82) is 0 Å². The number of piperidine rings is 1. The highest BCUT2D eigenvalue weighted by Crippen LogP contribution is 2.26. The fourth-order valence-corrected chi connectivity index (χ4v) is 4.32. The van der Waals surface area contributed by atoms with Crippen molar-refractivity contribution in [1.82, 2.24) is 15.1 Å². The summed E-state index contributed by atoms with van der Waals surface area (Å²) in [4.78, 5) is 18.2. The number of hydrogen-bond acceptors (Lipinski definition) is 4. The predicted molar refractivity (Wildman–Crippen MR) is 94.0 cm³/mol. The van der Waals surface area contributed by atoms with E-state index in [0.717, 1.165) is 63.7 Å². The first-order chi connectivity index (χ1) is 10.2. The molecule has 1 atom stereocenters. The monoisotopic (exact) mass is 363 g/mol. The van der Waals surface area contributed by atoms with Crippen LogP contribution in [0.2, 0.25) is 5.02 Å². The smallest absolute Gasteiger partial charge is 0.227 e. The van der Waals surface area contributed by atoms with Crippen molar-refractivity contribution in [3.63, 3.8) is 0 Å². The molecule has 2 aliphatic heterocycles. The van der Waals surface area contributed by atoms with Crippen LogP contribution in [0.4, 0.5) is 0 Å². The molecule has 0 bridgehead atoms. The van der Waals surface area contributed by atoms with Crippen LogP contribution in [0.3, 0.4) is 0 Å². The molecule has 2 aliphatic rings. The van der Waals surface area contributed by atoms with Crippen LogP contribution in [0.5, 0.6) is 0 Å². The summed E-state index contributed by atoms with van der Waals surface area (Å²) < 4.78 is 0. The molecule has 22 heavy (non-hydrogen) atoms. The molecule has 4 nitrogen and oxygen atoms in total. The molecule has 2 fully saturated rings. The van der Waals surface area contributed by atoms with Crippen LogP contribution in [0.25, 0.3) is 0 Å². The first-order valence-electron chi connectivity index (χ1n) is 7.68. The van der Waals surface area contributed by atoms with E-state index in [1.54, 1.807) is 11.3 Å². The van der Waals surface area contributed by atoms with E-state index in [1.807, 2.05) is 16.3 Å². The summed E-state index contributed by atoms with van der Waals surface area (Å²) in [6.45, 7) is 6.37. The molecule has 7 heteroatoms. The molecule has 1 N–H and O–H groups in total. The van der Waals surface area contributed by atoms with E-state index >= 15 is 0 Å². The highest BCUT2D eigenvalue weighted by molar-refractivity contribution is 7.10. The molecule has 0 saturated carbocycles. The zero-order valence-electron chi connectivity index (χ0n) is 12.6. The maximum Gasteiger partial charge on any atom is 0.227 e. The van der Waals surface area contributed by atoms with Gasteiger partial charge in [0.1, 0.15) is 0 Å². The maximum atomic E-state index is 12.6. The standard InChI is InChI=1S/C15H22ClN3OS.ClH/c16-13-3-9-21-14(13)11-18-6-1-2-12(10-18)15(20)19-7-4-17-5-8-19;/h3,9,12,17H,1-2,4-8,10-11H2;1H. The van der Waals surface area contributed by atoms with E-state index in [9.17, 15) is 4.79 Å². The summed E-state index contributed by atoms with van der Waals surface area (Å²) in [6, 6.07) is 1.95. The number of nitrogens with one attached hydrogen (secondary N) is 1. The van der Waals surface area contributed by atoms with Crippen molar-refractivity contribution in [2.75, 3.05) is 39.3 Å². The van der Waals surface area contributed by atoms with Crippen LogP contribution >= 0.6 is 35.3 Å². The second-order valence-electron chi connectivity index (χ2n) is 5.84. The summed E-state index contributed by atoms with van der Waals surface area (Å²) in [7, 11) is 0. The molecule has 0 radical (unpaired) electrons. The molecular weight excluding hydrogens is 341 g/mol. The minimum absolute atomic E-state index is 0. The minimum atomic E-state index is 0. The lowest BCUT2D eigenvalue weighted by Gasteiger charge is -2.36. The molecule has 2 saturated heterocycles. The average molecular weight is 364 g/mol. The van der Waals surface area contributed by atoms with E-state index < -0.39 is 0 Å². The molecule has 0 aromatic carbocycles. The predicted octanol–water partition coefficient (Wildman–Crippen LogP) is 2.47. The largest absolute Gasteiger partial charge is 0.340 e. The molecule has 3 rings (SSSR count). The maximum absolute atomic E-state index is 12.6. The third-order valence-electron chi connectivity index (χ3n) is 4.34. The Morgan fingerprint density at radius 1 is 1.36 bits per heavy atom. The van der Waals surface area contributed by atoms with Crippen molar-refractivity contribution in [3.8, 4) is 0 Å².